The molecule has 292 valence electrons. The van der Waals surface area contributed by atoms with E-state index in [2.05, 4.69) is 36.1 Å². The Kier molecular flexibility index (Phi) is 14.0. The summed E-state index contributed by atoms with van der Waals surface area (Å²) in [5, 5.41) is 22.9. The zero-order valence-electron chi connectivity index (χ0n) is 34.0. The smallest absolute Gasteiger partial charge is 0.306 e. The fourth-order valence-corrected chi connectivity index (χ4v) is 10.1. The number of hydrogen-bond acceptors (Lipinski definition) is 7. The Labute approximate surface area is 325 Å². The van der Waals surface area contributed by atoms with Gasteiger partial charge in [0.1, 0.15) is 18.8 Å². The summed E-state index contributed by atoms with van der Waals surface area (Å²) in [7, 11) is 0. The molecule has 1 heterocycles. The Bertz CT molecular complexity index is 1650. The molecule has 1 aromatic heterocycles. The summed E-state index contributed by atoms with van der Waals surface area (Å²) < 4.78 is 7.79. The summed E-state index contributed by atoms with van der Waals surface area (Å²) in [5.74, 6) is 3.19. The van der Waals surface area contributed by atoms with Gasteiger partial charge >= 0.3 is 5.97 Å². The number of nitrogens with zero attached hydrogens (tertiary/aromatic N) is 5. The van der Waals surface area contributed by atoms with E-state index in [1.54, 1.807) is 11.0 Å². The van der Waals surface area contributed by atoms with Crippen molar-refractivity contribution in [3.05, 3.63) is 59.2 Å². The van der Waals surface area contributed by atoms with Gasteiger partial charge in [-0.05, 0) is 131 Å². The third kappa shape index (κ3) is 9.90. The second kappa shape index (κ2) is 18.2. The van der Waals surface area contributed by atoms with Crippen molar-refractivity contribution in [1.29, 1.82) is 10.5 Å². The number of carbonyl (C=O) groups excluding carboxylic acids is 2. The van der Waals surface area contributed by atoms with Crippen LogP contribution < -0.4 is 0 Å². The number of aromatic nitrogens is 3. The number of benzene rings is 1. The molecule has 0 saturated heterocycles. The number of ether oxygens (including phenoxy) is 1. The summed E-state index contributed by atoms with van der Waals surface area (Å²) in [6, 6.07) is 10.6. The van der Waals surface area contributed by atoms with Gasteiger partial charge in [-0.25, -0.2) is 9.67 Å². The summed E-state index contributed by atoms with van der Waals surface area (Å²) in [5.41, 5.74) is 3.28. The SMILES string of the molecule is CC(C)(C#N)c1cc(Cn2cncn2)cc(C(C)(C)C#N)c1.CCCCCCCCCCC(=O)O[C@H]1CC[C@@H]2C1CC[C@H]1[C@H]2CCC2=CC(=O)CC[C@@]21C. The molecule has 1 aromatic carbocycles. The summed E-state index contributed by atoms with van der Waals surface area (Å²) >= 11 is 0. The Hall–Kier alpha value is -3.78. The number of ketones is 1. The van der Waals surface area contributed by atoms with E-state index < -0.39 is 10.8 Å². The van der Waals surface area contributed by atoms with Gasteiger partial charge in [0.05, 0.1) is 29.5 Å². The highest BCUT2D eigenvalue weighted by Crippen LogP contribution is 2.62. The standard InChI is InChI=1S/C29H46O3.C17H19N5/c1-3-4-5-6-7-8-9-10-11-28(31)32-27-17-15-23-24-13-12-21-20-22(30)18-19-29(21,2)26(24)16-14-25(23)27;1-16(2,9-18)14-5-13(8-22-12-20-11-21-22)6-15(7-14)17(3,4)10-19/h20,23-27H,3-19H2,1-2H3;5-7,11-12H,8H2,1-4H3/t23-,24-,25?,26-,27-,29-;/m0./s1. The van der Waals surface area contributed by atoms with Gasteiger partial charge in [0, 0.05) is 12.8 Å². The third-order valence-electron chi connectivity index (χ3n) is 13.5. The van der Waals surface area contributed by atoms with Gasteiger partial charge in [0.25, 0.3) is 0 Å². The zero-order chi connectivity index (χ0) is 38.9. The number of unbranched alkanes of at least 4 members (excludes halogenated alkanes) is 7. The highest BCUT2D eigenvalue weighted by Gasteiger charge is 2.55. The topological polar surface area (TPSA) is 122 Å². The van der Waals surface area contributed by atoms with Crippen LogP contribution in [0.3, 0.4) is 0 Å². The lowest BCUT2D eigenvalue weighted by Gasteiger charge is -2.55. The molecular weight excluding hydrogens is 671 g/mol. The minimum Gasteiger partial charge on any atom is -0.462 e. The number of rotatable bonds is 14. The predicted molar refractivity (Wildman–Crippen MR) is 212 cm³/mol. The van der Waals surface area contributed by atoms with Crippen molar-refractivity contribution in [3.63, 3.8) is 0 Å². The first-order chi connectivity index (χ1) is 25.8. The van der Waals surface area contributed by atoms with Crippen molar-refractivity contribution in [1.82, 2.24) is 14.8 Å². The maximum atomic E-state index is 12.5. The molecule has 1 unspecified atom stereocenters. The van der Waals surface area contributed by atoms with Crippen molar-refractivity contribution >= 4 is 11.8 Å². The van der Waals surface area contributed by atoms with Crippen LogP contribution in [0.2, 0.25) is 0 Å². The predicted octanol–water partition coefficient (Wildman–Crippen LogP) is 10.5. The van der Waals surface area contributed by atoms with Crippen molar-refractivity contribution in [2.75, 3.05) is 0 Å². The van der Waals surface area contributed by atoms with Crippen molar-refractivity contribution in [2.24, 2.45) is 29.1 Å². The number of carbonyl (C=O) groups is 2. The maximum absolute atomic E-state index is 12.5. The van der Waals surface area contributed by atoms with Crippen LogP contribution in [0.5, 0.6) is 0 Å². The monoisotopic (exact) mass is 736 g/mol. The van der Waals surface area contributed by atoms with Crippen LogP contribution in [0.4, 0.5) is 0 Å². The molecule has 54 heavy (non-hydrogen) atoms. The second-order valence-electron chi connectivity index (χ2n) is 18.1. The molecule has 8 nitrogen and oxygen atoms in total. The molecule has 4 aliphatic rings. The average molecular weight is 736 g/mol. The van der Waals surface area contributed by atoms with Crippen molar-refractivity contribution in [3.8, 4) is 12.1 Å². The van der Waals surface area contributed by atoms with Crippen LogP contribution in [0.25, 0.3) is 0 Å². The van der Waals surface area contributed by atoms with Gasteiger partial charge in [-0.3, -0.25) is 9.59 Å². The Morgan fingerprint density at radius 3 is 2.15 bits per heavy atom. The molecule has 0 bridgehead atoms. The average Bonchev–Trinajstić information content (AvgIpc) is 3.83. The van der Waals surface area contributed by atoms with E-state index in [1.807, 2.05) is 52.0 Å². The van der Waals surface area contributed by atoms with Crippen LogP contribution in [0.15, 0.2) is 42.5 Å². The van der Waals surface area contributed by atoms with Gasteiger partial charge in [-0.15, -0.1) is 0 Å². The largest absolute Gasteiger partial charge is 0.462 e. The molecule has 8 heteroatoms. The van der Waals surface area contributed by atoms with Gasteiger partial charge in [-0.2, -0.15) is 15.6 Å². The van der Waals surface area contributed by atoms with Gasteiger partial charge in [-0.1, -0.05) is 82.6 Å². The molecular formula is C46H65N5O3. The molecule has 3 fully saturated rings. The number of fused-ring (bicyclic) bond motifs is 5. The summed E-state index contributed by atoms with van der Waals surface area (Å²) in [6.07, 6.45) is 24.9. The van der Waals surface area contributed by atoms with E-state index in [1.165, 1.54) is 82.5 Å². The van der Waals surface area contributed by atoms with E-state index >= 15 is 0 Å². The van der Waals surface area contributed by atoms with E-state index in [0.717, 1.165) is 66.5 Å². The minimum absolute atomic E-state index is 0.0513. The molecule has 0 amide bonds. The first-order valence-electron chi connectivity index (χ1n) is 21.0. The van der Waals surface area contributed by atoms with Gasteiger partial charge in [0.2, 0.25) is 0 Å². The van der Waals surface area contributed by atoms with Crippen LogP contribution in [-0.2, 0) is 31.7 Å². The first kappa shape index (κ1) is 41.4. The second-order valence-corrected chi connectivity index (χ2v) is 18.1. The van der Waals surface area contributed by atoms with Crippen LogP contribution in [-0.4, -0.2) is 32.6 Å². The normalized spacial score (nSPS) is 26.2. The fourth-order valence-electron chi connectivity index (χ4n) is 10.1. The van der Waals surface area contributed by atoms with Gasteiger partial charge < -0.3 is 4.74 Å². The van der Waals surface area contributed by atoms with E-state index in [0.29, 0.717) is 24.7 Å². The quantitative estimate of drug-likeness (QED) is 0.140. The lowest BCUT2D eigenvalue weighted by atomic mass is 9.50. The van der Waals surface area contributed by atoms with Gasteiger partial charge in [0.15, 0.2) is 5.78 Å². The van der Waals surface area contributed by atoms with E-state index in [4.69, 9.17) is 4.74 Å². The van der Waals surface area contributed by atoms with E-state index in [-0.39, 0.29) is 17.5 Å². The molecule has 6 rings (SSSR count). The van der Waals surface area contributed by atoms with E-state index in [9.17, 15) is 20.1 Å². The third-order valence-corrected chi connectivity index (χ3v) is 13.5. The summed E-state index contributed by atoms with van der Waals surface area (Å²) in [4.78, 5) is 28.5. The number of esters is 1. The Morgan fingerprint density at radius 1 is 0.870 bits per heavy atom. The maximum Gasteiger partial charge on any atom is 0.306 e. The molecule has 4 aliphatic carbocycles. The molecule has 0 N–H and O–H groups in total. The van der Waals surface area contributed by atoms with Crippen LogP contribution in [0, 0.1) is 51.7 Å². The molecule has 2 aromatic rings. The Balaban J connectivity index is 0.000000223. The highest BCUT2D eigenvalue weighted by atomic mass is 16.5. The van der Waals surface area contributed by atoms with Crippen molar-refractivity contribution in [2.45, 2.75) is 174 Å². The molecule has 0 radical (unpaired) electrons. The lowest BCUT2D eigenvalue weighted by molar-refractivity contribution is -0.153. The lowest BCUT2D eigenvalue weighted by Crippen LogP contribution is -2.48. The zero-order valence-corrected chi connectivity index (χ0v) is 34.0. The number of hydrogen-bond donors (Lipinski definition) is 0. The molecule has 3 saturated carbocycles. The molecule has 6 atom stereocenters. The van der Waals surface area contributed by atoms with Crippen LogP contribution >= 0.6 is 0 Å². The first-order valence-corrected chi connectivity index (χ1v) is 21.0. The molecule has 0 aliphatic heterocycles. The fraction of sp³-hybridized carbons (Fsp3) is 0.696. The number of nitriles is 2. The van der Waals surface area contributed by atoms with Crippen LogP contribution in [0.1, 0.15) is 167 Å². The Morgan fingerprint density at radius 2 is 1.52 bits per heavy atom. The minimum atomic E-state index is -0.612. The molecule has 0 spiro atoms. The highest BCUT2D eigenvalue weighted by molar-refractivity contribution is 5.91. The summed E-state index contributed by atoms with van der Waals surface area (Å²) in [6.45, 7) is 12.8. The number of allylic oxidation sites excluding steroid dienone is 1. The van der Waals surface area contributed by atoms with Crippen molar-refractivity contribution < 1.29 is 14.3 Å².